The van der Waals surface area contributed by atoms with Gasteiger partial charge in [-0.3, -0.25) is 0 Å². The molecule has 0 atom stereocenters. The highest BCUT2D eigenvalue weighted by molar-refractivity contribution is 9.10. The third kappa shape index (κ3) is 3.82. The first kappa shape index (κ1) is 16.2. The van der Waals surface area contributed by atoms with Crippen LogP contribution in [-0.2, 0) is 6.61 Å². The fraction of sp³-hybridized carbons (Fsp3) is 0.176. The zero-order valence-electron chi connectivity index (χ0n) is 12.6. The summed E-state index contributed by atoms with van der Waals surface area (Å²) in [5.74, 6) is 1.82. The molecule has 0 spiro atoms. The van der Waals surface area contributed by atoms with Crippen LogP contribution in [0.15, 0.2) is 49.9 Å². The van der Waals surface area contributed by atoms with Crippen molar-refractivity contribution in [3.05, 3.63) is 62.4 Å². The summed E-state index contributed by atoms with van der Waals surface area (Å²) < 4.78 is 13.1. The highest BCUT2D eigenvalue weighted by Crippen LogP contribution is 2.27. The Bertz CT molecular complexity index is 829. The molecule has 6 heteroatoms. The molecular weight excluding hydrogens is 424 g/mol. The molecule has 4 nitrogen and oxygen atoms in total. The summed E-state index contributed by atoms with van der Waals surface area (Å²) >= 11 is 6.91. The molecule has 2 aromatic carbocycles. The summed E-state index contributed by atoms with van der Waals surface area (Å²) in [6.07, 6.45) is 0. The molecule has 0 unspecified atom stereocenters. The van der Waals surface area contributed by atoms with Crippen LogP contribution in [0.3, 0.4) is 0 Å². The lowest BCUT2D eigenvalue weighted by Crippen LogP contribution is -1.98. The van der Waals surface area contributed by atoms with E-state index in [4.69, 9.17) is 9.26 Å². The van der Waals surface area contributed by atoms with E-state index in [2.05, 4.69) is 42.0 Å². The molecule has 0 aliphatic rings. The van der Waals surface area contributed by atoms with Gasteiger partial charge in [0.25, 0.3) is 5.89 Å². The molecule has 0 radical (unpaired) electrons. The number of hydrogen-bond donors (Lipinski definition) is 0. The first-order chi connectivity index (χ1) is 11.0. The molecule has 0 aliphatic heterocycles. The number of ether oxygens (including phenoxy) is 1. The number of aryl methyl sites for hydroxylation is 2. The van der Waals surface area contributed by atoms with E-state index < -0.39 is 0 Å². The minimum Gasteiger partial charge on any atom is -0.483 e. The van der Waals surface area contributed by atoms with E-state index in [1.165, 1.54) is 0 Å². The van der Waals surface area contributed by atoms with Crippen LogP contribution in [0.4, 0.5) is 0 Å². The van der Waals surface area contributed by atoms with Gasteiger partial charge in [-0.25, -0.2) is 0 Å². The first-order valence-electron chi connectivity index (χ1n) is 7.01. The summed E-state index contributed by atoms with van der Waals surface area (Å²) in [6.45, 7) is 4.26. The molecule has 0 saturated heterocycles. The molecule has 1 aromatic heterocycles. The minimum absolute atomic E-state index is 0.242. The second-order valence-electron chi connectivity index (χ2n) is 5.17. The van der Waals surface area contributed by atoms with Crippen molar-refractivity contribution in [1.29, 1.82) is 0 Å². The van der Waals surface area contributed by atoms with E-state index in [9.17, 15) is 0 Å². The van der Waals surface area contributed by atoms with Crippen molar-refractivity contribution in [1.82, 2.24) is 10.1 Å². The smallest absolute Gasteiger partial charge is 0.264 e. The lowest BCUT2D eigenvalue weighted by atomic mass is 10.1. The summed E-state index contributed by atoms with van der Waals surface area (Å²) in [7, 11) is 0. The molecule has 0 amide bonds. The quantitative estimate of drug-likeness (QED) is 0.543. The van der Waals surface area contributed by atoms with Crippen LogP contribution in [-0.4, -0.2) is 10.1 Å². The summed E-state index contributed by atoms with van der Waals surface area (Å²) in [6, 6.07) is 11.8. The molecule has 0 fully saturated rings. The van der Waals surface area contributed by atoms with Crippen LogP contribution in [0.5, 0.6) is 5.75 Å². The SMILES string of the molecule is Cc1cc(OCc2nc(-c3ccc(Br)cc3)no2)c(C)cc1Br. The zero-order valence-corrected chi connectivity index (χ0v) is 15.8. The Hall–Kier alpha value is -1.66. The molecular formula is C17H14Br2N2O2. The van der Waals surface area contributed by atoms with Gasteiger partial charge in [0.1, 0.15) is 5.75 Å². The second-order valence-corrected chi connectivity index (χ2v) is 6.94. The largest absolute Gasteiger partial charge is 0.483 e. The molecule has 0 N–H and O–H groups in total. The lowest BCUT2D eigenvalue weighted by Gasteiger charge is -2.09. The predicted molar refractivity (Wildman–Crippen MR) is 95.4 cm³/mol. The van der Waals surface area contributed by atoms with Crippen molar-refractivity contribution >= 4 is 31.9 Å². The van der Waals surface area contributed by atoms with Gasteiger partial charge in [0, 0.05) is 14.5 Å². The molecule has 0 aliphatic carbocycles. The third-order valence-corrected chi connectivity index (χ3v) is 4.76. The Balaban J connectivity index is 1.72. The Kier molecular flexibility index (Phi) is 4.82. The van der Waals surface area contributed by atoms with Gasteiger partial charge in [0.05, 0.1) is 0 Å². The highest BCUT2D eigenvalue weighted by Gasteiger charge is 2.10. The maximum atomic E-state index is 5.80. The number of aromatic nitrogens is 2. The predicted octanol–water partition coefficient (Wildman–Crippen LogP) is 5.46. The van der Waals surface area contributed by atoms with E-state index >= 15 is 0 Å². The zero-order chi connectivity index (χ0) is 16.4. The molecule has 0 bridgehead atoms. The van der Waals surface area contributed by atoms with E-state index in [0.29, 0.717) is 11.7 Å². The van der Waals surface area contributed by atoms with Crippen molar-refractivity contribution in [3.63, 3.8) is 0 Å². The summed E-state index contributed by atoms with van der Waals surface area (Å²) in [5, 5.41) is 3.99. The maximum Gasteiger partial charge on any atom is 0.264 e. The van der Waals surface area contributed by atoms with E-state index in [1.807, 2.05) is 50.2 Å². The van der Waals surface area contributed by atoms with Crippen molar-refractivity contribution in [3.8, 4) is 17.1 Å². The number of benzene rings is 2. The number of rotatable bonds is 4. The van der Waals surface area contributed by atoms with Gasteiger partial charge in [0.15, 0.2) is 6.61 Å². The average Bonchev–Trinajstić information content (AvgIpc) is 2.99. The fourth-order valence-electron chi connectivity index (χ4n) is 2.08. The summed E-state index contributed by atoms with van der Waals surface area (Å²) in [5.41, 5.74) is 3.07. The van der Waals surface area contributed by atoms with E-state index in [-0.39, 0.29) is 6.61 Å². The maximum absolute atomic E-state index is 5.80. The van der Waals surface area contributed by atoms with Crippen molar-refractivity contribution < 1.29 is 9.26 Å². The topological polar surface area (TPSA) is 48.2 Å². The Morgan fingerprint density at radius 3 is 2.52 bits per heavy atom. The highest BCUT2D eigenvalue weighted by atomic mass is 79.9. The van der Waals surface area contributed by atoms with Gasteiger partial charge < -0.3 is 9.26 Å². The minimum atomic E-state index is 0.242. The van der Waals surface area contributed by atoms with Gasteiger partial charge in [0.2, 0.25) is 5.82 Å². The van der Waals surface area contributed by atoms with Crippen LogP contribution in [0.1, 0.15) is 17.0 Å². The molecule has 23 heavy (non-hydrogen) atoms. The van der Waals surface area contributed by atoms with Crippen LogP contribution >= 0.6 is 31.9 Å². The molecule has 118 valence electrons. The van der Waals surface area contributed by atoms with Crippen LogP contribution < -0.4 is 4.74 Å². The van der Waals surface area contributed by atoms with Crippen molar-refractivity contribution in [2.24, 2.45) is 0 Å². The fourth-order valence-corrected chi connectivity index (χ4v) is 2.80. The van der Waals surface area contributed by atoms with Crippen LogP contribution in [0.25, 0.3) is 11.4 Å². The van der Waals surface area contributed by atoms with Gasteiger partial charge in [-0.15, -0.1) is 0 Å². The van der Waals surface area contributed by atoms with E-state index in [1.54, 1.807) is 0 Å². The summed E-state index contributed by atoms with van der Waals surface area (Å²) in [4.78, 5) is 4.37. The van der Waals surface area contributed by atoms with Crippen molar-refractivity contribution in [2.45, 2.75) is 20.5 Å². The normalized spacial score (nSPS) is 10.8. The molecule has 1 heterocycles. The standard InChI is InChI=1S/C17H14Br2N2O2/c1-10-8-15(11(2)7-14(10)19)22-9-16-20-17(21-23-16)12-3-5-13(18)6-4-12/h3-8H,9H2,1-2H3. The number of nitrogens with zero attached hydrogens (tertiary/aromatic N) is 2. The van der Waals surface area contributed by atoms with Crippen molar-refractivity contribution in [2.75, 3.05) is 0 Å². The second kappa shape index (κ2) is 6.84. The number of halogens is 2. The molecule has 3 rings (SSSR count). The molecule has 3 aromatic rings. The third-order valence-electron chi connectivity index (χ3n) is 3.38. The Morgan fingerprint density at radius 2 is 1.78 bits per heavy atom. The van der Waals surface area contributed by atoms with E-state index in [0.717, 1.165) is 31.4 Å². The number of hydrogen-bond acceptors (Lipinski definition) is 4. The van der Waals surface area contributed by atoms with Crippen LogP contribution in [0.2, 0.25) is 0 Å². The van der Waals surface area contributed by atoms with Gasteiger partial charge in [-0.2, -0.15) is 4.98 Å². The molecule has 0 saturated carbocycles. The first-order valence-corrected chi connectivity index (χ1v) is 8.59. The Labute approximate surface area is 151 Å². The van der Waals surface area contributed by atoms with Crippen LogP contribution in [0, 0.1) is 13.8 Å². The van der Waals surface area contributed by atoms with Gasteiger partial charge in [-0.1, -0.05) is 37.0 Å². The van der Waals surface area contributed by atoms with Gasteiger partial charge >= 0.3 is 0 Å². The average molecular weight is 438 g/mol. The lowest BCUT2D eigenvalue weighted by molar-refractivity contribution is 0.241. The Morgan fingerprint density at radius 1 is 1.04 bits per heavy atom. The monoisotopic (exact) mass is 436 g/mol. The van der Waals surface area contributed by atoms with Gasteiger partial charge in [-0.05, 0) is 61.4 Å².